The Kier molecular flexibility index (Phi) is 14.4. The first-order valence-corrected chi connectivity index (χ1v) is 24.7. The lowest BCUT2D eigenvalue weighted by Gasteiger charge is -2.33. The third-order valence-electron chi connectivity index (χ3n) is 11.0. The number of rotatable bonds is 12. The van der Waals surface area contributed by atoms with E-state index in [-0.39, 0.29) is 22.9 Å². The van der Waals surface area contributed by atoms with Crippen LogP contribution in [-0.2, 0) is 20.0 Å². The van der Waals surface area contributed by atoms with E-state index in [1.807, 2.05) is 4.90 Å². The molecular weight excluding hydrogens is 907 g/mol. The van der Waals surface area contributed by atoms with Crippen molar-refractivity contribution in [3.05, 3.63) is 106 Å². The maximum Gasteiger partial charge on any atom is 0.243 e. The average Bonchev–Trinajstić information content (AvgIpc) is 4.02. The van der Waals surface area contributed by atoms with Crippen molar-refractivity contribution in [3.63, 3.8) is 0 Å². The van der Waals surface area contributed by atoms with Crippen LogP contribution in [0.3, 0.4) is 0 Å². The first-order valence-electron chi connectivity index (χ1n) is 20.0. The van der Waals surface area contributed by atoms with Gasteiger partial charge in [-0.25, -0.2) is 35.6 Å². The second kappa shape index (κ2) is 19.8. The van der Waals surface area contributed by atoms with Gasteiger partial charge in [0, 0.05) is 86.4 Å². The zero-order chi connectivity index (χ0) is 45.8. The minimum Gasteiger partial charge on any atom is -0.493 e. The molecule has 0 saturated carbocycles. The molecule has 0 radical (unpaired) electrons. The quantitative estimate of drug-likeness (QED) is 0.119. The molecule has 2 fully saturated rings. The molecule has 0 aliphatic carbocycles. The van der Waals surface area contributed by atoms with Gasteiger partial charge in [0.2, 0.25) is 20.0 Å². The second-order valence-electron chi connectivity index (χ2n) is 14.8. The maximum absolute atomic E-state index is 13.5. The molecule has 0 spiro atoms. The van der Waals surface area contributed by atoms with E-state index < -0.39 is 31.7 Å². The number of thiazole rings is 2. The lowest BCUT2D eigenvalue weighted by molar-refractivity contribution is 0.353. The summed E-state index contributed by atoms with van der Waals surface area (Å²) in [5, 5.41) is 5.45. The third-order valence-corrected chi connectivity index (χ3v) is 16.6. The Morgan fingerprint density at radius 2 is 0.922 bits per heavy atom. The summed E-state index contributed by atoms with van der Waals surface area (Å²) in [5.74, 6) is -0.132. The molecule has 0 N–H and O–H groups in total. The first kappa shape index (κ1) is 46.6. The zero-order valence-corrected chi connectivity index (χ0v) is 39.3. The summed E-state index contributed by atoms with van der Waals surface area (Å²) in [6.07, 6.45) is 0. The second-order valence-corrected chi connectivity index (χ2v) is 20.3. The van der Waals surface area contributed by atoms with Gasteiger partial charge in [0.15, 0.2) is 44.9 Å². The summed E-state index contributed by atoms with van der Waals surface area (Å²) < 4.78 is 103. The van der Waals surface area contributed by atoms with Gasteiger partial charge in [0.05, 0.1) is 49.6 Å². The van der Waals surface area contributed by atoms with E-state index in [9.17, 15) is 25.6 Å². The molecular formula is C44H48F2N6O8S4. The topological polar surface area (TPSA) is 144 Å². The molecule has 340 valence electrons. The van der Waals surface area contributed by atoms with Gasteiger partial charge in [0.25, 0.3) is 0 Å². The highest BCUT2D eigenvalue weighted by atomic mass is 32.2. The molecule has 2 aliphatic rings. The molecule has 0 amide bonds. The van der Waals surface area contributed by atoms with E-state index in [0.29, 0.717) is 78.7 Å². The Balaban J connectivity index is 0.000000191. The van der Waals surface area contributed by atoms with Gasteiger partial charge in [-0.05, 0) is 73.5 Å². The fraction of sp³-hybridized carbons (Fsp3) is 0.318. The number of anilines is 2. The molecule has 6 aromatic rings. The number of nitrogens with zero attached hydrogens (tertiary/aromatic N) is 6. The number of aromatic nitrogens is 2. The molecule has 2 saturated heterocycles. The van der Waals surface area contributed by atoms with Gasteiger partial charge in [0.1, 0.15) is 0 Å². The van der Waals surface area contributed by atoms with Gasteiger partial charge >= 0.3 is 0 Å². The lowest BCUT2D eigenvalue weighted by Crippen LogP contribution is -2.48. The zero-order valence-electron chi connectivity index (χ0n) is 36.1. The SMILES string of the molecule is COc1ccc(S(=O)(=O)N2CCN(c3nc(-c4ccc(C)c(C)c4)cs3)CC2)cc1OC.COc1ccc(S(=O)(=O)N2CCN(c3nc(-c4ccc(F)c(F)c4)cs3)CC2)cc1OC. The van der Waals surface area contributed by atoms with Crippen molar-refractivity contribution in [1.82, 2.24) is 18.6 Å². The summed E-state index contributed by atoms with van der Waals surface area (Å²) in [6, 6.07) is 19.2. The summed E-state index contributed by atoms with van der Waals surface area (Å²) >= 11 is 2.97. The summed E-state index contributed by atoms with van der Waals surface area (Å²) in [5.41, 5.74) is 5.59. The van der Waals surface area contributed by atoms with Crippen molar-refractivity contribution in [1.29, 1.82) is 0 Å². The fourth-order valence-corrected chi connectivity index (χ4v) is 11.8. The van der Waals surface area contributed by atoms with Crippen LogP contribution in [0.25, 0.3) is 22.5 Å². The molecule has 2 aliphatic heterocycles. The largest absolute Gasteiger partial charge is 0.493 e. The van der Waals surface area contributed by atoms with Crippen molar-refractivity contribution in [2.45, 2.75) is 23.6 Å². The minimum atomic E-state index is -3.69. The molecule has 4 heterocycles. The first-order chi connectivity index (χ1) is 30.7. The number of benzene rings is 4. The molecule has 4 aromatic carbocycles. The Morgan fingerprint density at radius 3 is 1.33 bits per heavy atom. The van der Waals surface area contributed by atoms with Crippen LogP contribution in [0, 0.1) is 25.5 Å². The molecule has 0 unspecified atom stereocenters. The monoisotopic (exact) mass is 954 g/mol. The van der Waals surface area contributed by atoms with Crippen molar-refractivity contribution in [2.24, 2.45) is 0 Å². The number of piperazine rings is 2. The number of hydrogen-bond donors (Lipinski definition) is 0. The number of ether oxygens (including phenoxy) is 4. The van der Waals surface area contributed by atoms with Crippen molar-refractivity contribution in [2.75, 3.05) is 90.6 Å². The summed E-state index contributed by atoms with van der Waals surface area (Å²) in [4.78, 5) is 13.8. The molecule has 8 rings (SSSR count). The Bertz CT molecular complexity index is 2630. The molecule has 0 atom stereocenters. The van der Waals surface area contributed by atoms with Crippen LogP contribution in [0.5, 0.6) is 23.0 Å². The highest BCUT2D eigenvalue weighted by Gasteiger charge is 2.32. The number of methoxy groups -OCH3 is 4. The van der Waals surface area contributed by atoms with Crippen LogP contribution < -0.4 is 28.7 Å². The smallest absolute Gasteiger partial charge is 0.243 e. The standard InChI is InChI=1S/C23H27N3O4S2.C21H21F2N3O4S2/c1-16-5-6-18(13-17(16)2)20-15-31-23(24-20)25-9-11-26(12-10-25)32(27,28)19-7-8-21(29-3)22(14-19)30-4;1-29-19-6-4-15(12-20(19)30-2)32(27,28)26-9-7-25(8-10-26)21-24-18(13-31-21)14-3-5-16(22)17(23)11-14/h5-8,13-15H,9-12H2,1-4H3;3-6,11-13H,7-10H2,1-2H3. The van der Waals surface area contributed by atoms with Gasteiger partial charge in [-0.15, -0.1) is 22.7 Å². The molecule has 2 aromatic heterocycles. The van der Waals surface area contributed by atoms with Gasteiger partial charge < -0.3 is 28.7 Å². The average molecular weight is 955 g/mol. The van der Waals surface area contributed by atoms with Crippen molar-refractivity contribution in [3.8, 4) is 45.5 Å². The minimum absolute atomic E-state index is 0.137. The molecule has 20 heteroatoms. The predicted molar refractivity (Wildman–Crippen MR) is 246 cm³/mol. The Labute approximate surface area is 380 Å². The number of sulfonamides is 2. The van der Waals surface area contributed by atoms with Gasteiger partial charge in [-0.1, -0.05) is 12.1 Å². The van der Waals surface area contributed by atoms with Crippen LogP contribution in [0.4, 0.5) is 19.0 Å². The highest BCUT2D eigenvalue weighted by molar-refractivity contribution is 7.89. The molecule has 64 heavy (non-hydrogen) atoms. The van der Waals surface area contributed by atoms with E-state index in [4.69, 9.17) is 23.9 Å². The van der Waals surface area contributed by atoms with E-state index in [1.54, 1.807) is 34.9 Å². The number of aryl methyl sites for hydroxylation is 2. The Morgan fingerprint density at radius 1 is 0.500 bits per heavy atom. The van der Waals surface area contributed by atoms with Gasteiger partial charge in [-0.2, -0.15) is 8.61 Å². The van der Waals surface area contributed by atoms with Crippen LogP contribution in [0.15, 0.2) is 93.3 Å². The van der Waals surface area contributed by atoms with Crippen LogP contribution in [0.2, 0.25) is 0 Å². The summed E-state index contributed by atoms with van der Waals surface area (Å²) in [7, 11) is -1.35. The molecule has 0 bridgehead atoms. The van der Waals surface area contributed by atoms with E-state index in [0.717, 1.165) is 28.5 Å². The fourth-order valence-electron chi connectivity index (χ4n) is 7.13. The van der Waals surface area contributed by atoms with Crippen LogP contribution in [-0.4, -0.2) is 116 Å². The summed E-state index contributed by atoms with van der Waals surface area (Å²) in [6.45, 7) is 7.66. The van der Waals surface area contributed by atoms with E-state index >= 15 is 0 Å². The van der Waals surface area contributed by atoms with Crippen LogP contribution in [0.1, 0.15) is 11.1 Å². The van der Waals surface area contributed by atoms with E-state index in [1.165, 1.54) is 83.8 Å². The van der Waals surface area contributed by atoms with E-state index in [2.05, 4.69) is 47.3 Å². The van der Waals surface area contributed by atoms with Crippen LogP contribution >= 0.6 is 22.7 Å². The highest BCUT2D eigenvalue weighted by Crippen LogP contribution is 2.35. The third kappa shape index (κ3) is 9.96. The number of halogens is 2. The molecule has 14 nitrogen and oxygen atoms in total. The number of hydrogen-bond acceptors (Lipinski definition) is 14. The maximum atomic E-state index is 13.5. The van der Waals surface area contributed by atoms with Gasteiger partial charge in [-0.3, -0.25) is 0 Å². The normalized spacial score (nSPS) is 15.1. The van der Waals surface area contributed by atoms with Crippen molar-refractivity contribution < 1.29 is 44.6 Å². The van der Waals surface area contributed by atoms with Crippen molar-refractivity contribution >= 4 is 53.0 Å². The predicted octanol–water partition coefficient (Wildman–Crippen LogP) is 7.57. The lowest BCUT2D eigenvalue weighted by atomic mass is 10.1. The Hall–Kier alpha value is -5.38.